The lowest BCUT2D eigenvalue weighted by molar-refractivity contribution is 0.669. The molecule has 51 heavy (non-hydrogen) atoms. The molecule has 0 aliphatic carbocycles. The molecule has 0 fully saturated rings. The van der Waals surface area contributed by atoms with Gasteiger partial charge in [0.05, 0.1) is 39.6 Å². The van der Waals surface area contributed by atoms with Crippen LogP contribution in [-0.4, -0.2) is 14.1 Å². The third-order valence-electron chi connectivity index (χ3n) is 10.4. The van der Waals surface area contributed by atoms with E-state index in [2.05, 4.69) is 161 Å². The summed E-state index contributed by atoms with van der Waals surface area (Å²) in [5.74, 6) is 0. The lowest BCUT2D eigenvalue weighted by atomic mass is 10.0. The number of rotatable bonds is 4. The maximum Gasteiger partial charge on any atom is 0.135 e. The van der Waals surface area contributed by atoms with Gasteiger partial charge in [-0.2, -0.15) is 0 Å². The van der Waals surface area contributed by atoms with Gasteiger partial charge in [0.1, 0.15) is 11.2 Å². The van der Waals surface area contributed by atoms with Crippen molar-refractivity contribution in [2.75, 3.05) is 0 Å². The van der Waals surface area contributed by atoms with E-state index in [4.69, 9.17) is 9.40 Å². The molecule has 0 bridgehead atoms. The van der Waals surface area contributed by atoms with Gasteiger partial charge in [-0.05, 0) is 96.1 Å². The van der Waals surface area contributed by atoms with Gasteiger partial charge < -0.3 is 13.6 Å². The number of fused-ring (bicyclic) bond motifs is 9. The maximum absolute atomic E-state index is 6.06. The Bertz CT molecular complexity index is 3130. The largest absolute Gasteiger partial charge is 0.456 e. The van der Waals surface area contributed by atoms with E-state index < -0.39 is 0 Å². The van der Waals surface area contributed by atoms with Crippen LogP contribution in [0.3, 0.4) is 0 Å². The predicted octanol–water partition coefficient (Wildman–Crippen LogP) is 12.5. The van der Waals surface area contributed by atoms with Crippen LogP contribution in [0.25, 0.3) is 99.3 Å². The van der Waals surface area contributed by atoms with Crippen LogP contribution in [0.2, 0.25) is 0 Å². The minimum Gasteiger partial charge on any atom is -0.456 e. The smallest absolute Gasteiger partial charge is 0.135 e. The van der Waals surface area contributed by atoms with E-state index in [1.165, 1.54) is 49.4 Å². The summed E-state index contributed by atoms with van der Waals surface area (Å²) in [5, 5.41) is 7.17. The molecule has 4 heterocycles. The molecule has 0 saturated carbocycles. The lowest BCUT2D eigenvalue weighted by Gasteiger charge is -2.10. The van der Waals surface area contributed by atoms with Crippen molar-refractivity contribution in [1.29, 1.82) is 0 Å². The van der Waals surface area contributed by atoms with Crippen molar-refractivity contribution in [3.63, 3.8) is 0 Å². The molecule has 0 spiro atoms. The van der Waals surface area contributed by atoms with Crippen LogP contribution in [-0.2, 0) is 0 Å². The molecule has 0 saturated heterocycles. The molecule has 0 amide bonds. The summed E-state index contributed by atoms with van der Waals surface area (Å²) in [6.07, 6.45) is 1.99. The number of aromatic nitrogens is 3. The Balaban J connectivity index is 1.02. The van der Waals surface area contributed by atoms with Gasteiger partial charge in [-0.3, -0.25) is 4.98 Å². The van der Waals surface area contributed by atoms with Crippen molar-refractivity contribution in [3.05, 3.63) is 176 Å². The van der Waals surface area contributed by atoms with Crippen LogP contribution in [0.15, 0.2) is 180 Å². The Morgan fingerprint density at radius 1 is 0.353 bits per heavy atom. The van der Waals surface area contributed by atoms with E-state index in [0.717, 1.165) is 49.9 Å². The van der Waals surface area contributed by atoms with E-state index in [-0.39, 0.29) is 0 Å². The lowest BCUT2D eigenvalue weighted by Crippen LogP contribution is -1.95. The number of nitrogens with zero attached hydrogens (tertiary/aromatic N) is 3. The van der Waals surface area contributed by atoms with E-state index in [0.29, 0.717) is 0 Å². The van der Waals surface area contributed by atoms with Crippen molar-refractivity contribution in [1.82, 2.24) is 14.1 Å². The molecular weight excluding hydrogens is 623 g/mol. The van der Waals surface area contributed by atoms with Gasteiger partial charge in [-0.15, -0.1) is 0 Å². The highest BCUT2D eigenvalue weighted by Gasteiger charge is 2.16. The first-order chi connectivity index (χ1) is 25.3. The summed E-state index contributed by atoms with van der Waals surface area (Å²) < 4.78 is 10.8. The van der Waals surface area contributed by atoms with Gasteiger partial charge in [-0.25, -0.2) is 0 Å². The first-order valence-electron chi connectivity index (χ1n) is 17.3. The van der Waals surface area contributed by atoms with Gasteiger partial charge in [0.25, 0.3) is 0 Å². The highest BCUT2D eigenvalue weighted by atomic mass is 16.3. The van der Waals surface area contributed by atoms with Crippen molar-refractivity contribution >= 4 is 65.6 Å². The summed E-state index contributed by atoms with van der Waals surface area (Å²) in [6, 6.07) is 60.5. The fourth-order valence-corrected chi connectivity index (χ4v) is 8.01. The van der Waals surface area contributed by atoms with Crippen molar-refractivity contribution in [2.24, 2.45) is 0 Å². The fraction of sp³-hybridized carbons (Fsp3) is 0. The highest BCUT2D eigenvalue weighted by molar-refractivity contribution is 6.13. The molecule has 238 valence electrons. The summed E-state index contributed by atoms with van der Waals surface area (Å²) in [4.78, 5) is 4.98. The molecule has 0 aliphatic heterocycles. The zero-order chi connectivity index (χ0) is 33.5. The van der Waals surface area contributed by atoms with E-state index in [1.54, 1.807) is 0 Å². The zero-order valence-corrected chi connectivity index (χ0v) is 27.5. The van der Waals surface area contributed by atoms with Crippen molar-refractivity contribution in [2.45, 2.75) is 0 Å². The second kappa shape index (κ2) is 10.8. The molecule has 4 aromatic heterocycles. The zero-order valence-electron chi connectivity index (χ0n) is 27.5. The monoisotopic (exact) mass is 651 g/mol. The fourth-order valence-electron chi connectivity index (χ4n) is 8.01. The molecule has 11 rings (SSSR count). The van der Waals surface area contributed by atoms with Crippen LogP contribution in [0, 0.1) is 0 Å². The first-order valence-corrected chi connectivity index (χ1v) is 17.3. The number of benzene rings is 7. The van der Waals surface area contributed by atoms with E-state index >= 15 is 0 Å². The molecule has 0 unspecified atom stereocenters. The Morgan fingerprint density at radius 3 is 1.55 bits per heavy atom. The molecule has 0 N–H and O–H groups in total. The average Bonchev–Trinajstić information content (AvgIpc) is 3.85. The first kappa shape index (κ1) is 28.0. The summed E-state index contributed by atoms with van der Waals surface area (Å²) in [6.45, 7) is 0. The Morgan fingerprint density at radius 2 is 0.882 bits per heavy atom. The molecule has 7 aromatic carbocycles. The standard InChI is InChI=1S/C47H29N3O/c1-2-10-33(11-3-1)49-42-15-7-4-12-35(42)38-26-30(18-23-44(38)49)31-19-24-45-39(27-31)36-13-5-8-16-43(36)50(45)34-21-22-41(48-29-34)32-20-25-47-40(28-32)37-14-6-9-17-46(37)51-47/h1-29H. The van der Waals surface area contributed by atoms with Gasteiger partial charge >= 0.3 is 0 Å². The molecule has 0 aliphatic rings. The average molecular weight is 652 g/mol. The number of pyridine rings is 1. The molecule has 0 radical (unpaired) electrons. The van der Waals surface area contributed by atoms with Gasteiger partial charge in [0, 0.05) is 43.6 Å². The van der Waals surface area contributed by atoms with Crippen LogP contribution in [0.4, 0.5) is 0 Å². The topological polar surface area (TPSA) is 35.9 Å². The summed E-state index contributed by atoms with van der Waals surface area (Å²) >= 11 is 0. The third-order valence-corrected chi connectivity index (χ3v) is 10.4. The Hall–Kier alpha value is -6.91. The maximum atomic E-state index is 6.06. The number of para-hydroxylation sites is 4. The minimum absolute atomic E-state index is 0.889. The molecule has 0 atom stereocenters. The van der Waals surface area contributed by atoms with Gasteiger partial charge in [0.15, 0.2) is 0 Å². The van der Waals surface area contributed by atoms with Crippen molar-refractivity contribution < 1.29 is 4.42 Å². The second-order valence-electron chi connectivity index (χ2n) is 13.2. The number of hydrogen-bond donors (Lipinski definition) is 0. The van der Waals surface area contributed by atoms with E-state index in [9.17, 15) is 0 Å². The van der Waals surface area contributed by atoms with Crippen LogP contribution >= 0.6 is 0 Å². The quantitative estimate of drug-likeness (QED) is 0.190. The van der Waals surface area contributed by atoms with Gasteiger partial charge in [0.2, 0.25) is 0 Å². The molecular formula is C47H29N3O. The number of furan rings is 1. The molecule has 4 nitrogen and oxygen atoms in total. The molecule has 11 aromatic rings. The second-order valence-corrected chi connectivity index (χ2v) is 13.2. The highest BCUT2D eigenvalue weighted by Crippen LogP contribution is 2.39. The predicted molar refractivity (Wildman–Crippen MR) is 211 cm³/mol. The normalized spacial score (nSPS) is 11.9. The third kappa shape index (κ3) is 4.23. The van der Waals surface area contributed by atoms with Crippen LogP contribution in [0.1, 0.15) is 0 Å². The minimum atomic E-state index is 0.889. The van der Waals surface area contributed by atoms with Crippen LogP contribution in [0.5, 0.6) is 0 Å². The SMILES string of the molecule is c1ccc(-n2c3ccccc3c3cc(-c4ccc5c(c4)c4ccccc4n5-c4ccc(-c5ccc6oc7ccccc7c6c5)nc4)ccc32)cc1. The molecule has 4 heteroatoms. The summed E-state index contributed by atoms with van der Waals surface area (Å²) in [5.41, 5.74) is 13.1. The number of hydrogen-bond acceptors (Lipinski definition) is 2. The Labute approximate surface area is 293 Å². The summed E-state index contributed by atoms with van der Waals surface area (Å²) in [7, 11) is 0. The van der Waals surface area contributed by atoms with Gasteiger partial charge in [-0.1, -0.05) is 84.9 Å². The Kier molecular flexibility index (Phi) is 5.92. The van der Waals surface area contributed by atoms with E-state index in [1.807, 2.05) is 24.4 Å². The van der Waals surface area contributed by atoms with Crippen molar-refractivity contribution in [3.8, 4) is 33.8 Å². The van der Waals surface area contributed by atoms with Crippen LogP contribution < -0.4 is 0 Å².